The first kappa shape index (κ1) is 13.0. The van der Waals surface area contributed by atoms with E-state index >= 15 is 0 Å². The Morgan fingerprint density at radius 3 is 2.59 bits per heavy atom. The molecular formula is C12H16N2O3. The van der Waals surface area contributed by atoms with Crippen LogP contribution in [0.25, 0.3) is 0 Å². The summed E-state index contributed by atoms with van der Waals surface area (Å²) in [6.45, 7) is 1.10. The van der Waals surface area contributed by atoms with Crippen LogP contribution in [-0.2, 0) is 4.79 Å². The summed E-state index contributed by atoms with van der Waals surface area (Å²) in [4.78, 5) is 21.6. The molecular weight excluding hydrogens is 220 g/mol. The average molecular weight is 236 g/mol. The Kier molecular flexibility index (Phi) is 5.57. The van der Waals surface area contributed by atoms with Crippen molar-refractivity contribution in [2.24, 2.45) is 0 Å². The number of ether oxygens (including phenoxy) is 1. The lowest BCUT2D eigenvalue weighted by molar-refractivity contribution is -0.109. The highest BCUT2D eigenvalue weighted by molar-refractivity contribution is 5.94. The summed E-state index contributed by atoms with van der Waals surface area (Å²) in [5.74, 6) is 0.593. The molecule has 0 saturated heterocycles. The number of methoxy groups -OCH3 is 1. The molecule has 0 aliphatic carbocycles. The van der Waals surface area contributed by atoms with Gasteiger partial charge in [-0.3, -0.25) is 9.59 Å². The Balaban J connectivity index is 2.33. The van der Waals surface area contributed by atoms with E-state index in [9.17, 15) is 9.59 Å². The van der Waals surface area contributed by atoms with E-state index in [1.54, 1.807) is 31.4 Å². The highest BCUT2D eigenvalue weighted by Crippen LogP contribution is 2.10. The standard InChI is InChI=1S/C12H16N2O3/c1-17-11-5-3-10(4-6-11)12(16)14-8-2-7-13-9-15/h3-6,9H,2,7-8H2,1H3,(H,13,15)(H,14,16). The van der Waals surface area contributed by atoms with Crippen molar-refractivity contribution in [1.82, 2.24) is 10.6 Å². The van der Waals surface area contributed by atoms with Crippen molar-refractivity contribution in [2.75, 3.05) is 20.2 Å². The zero-order valence-electron chi connectivity index (χ0n) is 9.73. The average Bonchev–Trinajstić information content (AvgIpc) is 2.38. The molecule has 1 aromatic rings. The fourth-order valence-electron chi connectivity index (χ4n) is 1.30. The minimum Gasteiger partial charge on any atom is -0.497 e. The molecule has 0 unspecified atom stereocenters. The molecule has 0 aromatic heterocycles. The number of nitrogens with one attached hydrogen (secondary N) is 2. The molecule has 5 nitrogen and oxygen atoms in total. The number of carbonyl (C=O) groups excluding carboxylic acids is 2. The quantitative estimate of drug-likeness (QED) is 0.537. The summed E-state index contributed by atoms with van der Waals surface area (Å²) in [5, 5.41) is 5.29. The maximum Gasteiger partial charge on any atom is 0.251 e. The van der Waals surface area contributed by atoms with Crippen LogP contribution in [0.1, 0.15) is 16.8 Å². The van der Waals surface area contributed by atoms with Crippen molar-refractivity contribution in [3.8, 4) is 5.75 Å². The number of carbonyl (C=O) groups is 2. The molecule has 0 saturated carbocycles. The third-order valence-electron chi connectivity index (χ3n) is 2.22. The van der Waals surface area contributed by atoms with Crippen LogP contribution in [0.15, 0.2) is 24.3 Å². The second kappa shape index (κ2) is 7.27. The lowest BCUT2D eigenvalue weighted by atomic mass is 10.2. The van der Waals surface area contributed by atoms with Crippen molar-refractivity contribution in [3.05, 3.63) is 29.8 Å². The van der Waals surface area contributed by atoms with Crippen LogP contribution in [0, 0.1) is 0 Å². The molecule has 92 valence electrons. The topological polar surface area (TPSA) is 67.4 Å². The fourth-order valence-corrected chi connectivity index (χ4v) is 1.30. The van der Waals surface area contributed by atoms with Gasteiger partial charge in [-0.1, -0.05) is 0 Å². The van der Waals surface area contributed by atoms with Gasteiger partial charge in [-0.2, -0.15) is 0 Å². The normalized spacial score (nSPS) is 9.47. The van der Waals surface area contributed by atoms with E-state index in [2.05, 4.69) is 10.6 Å². The van der Waals surface area contributed by atoms with E-state index in [-0.39, 0.29) is 5.91 Å². The Morgan fingerprint density at radius 1 is 1.29 bits per heavy atom. The number of rotatable bonds is 7. The molecule has 2 N–H and O–H groups in total. The highest BCUT2D eigenvalue weighted by atomic mass is 16.5. The van der Waals surface area contributed by atoms with Gasteiger partial charge in [-0.15, -0.1) is 0 Å². The Labute approximate surface area is 100 Å². The fraction of sp³-hybridized carbons (Fsp3) is 0.333. The van der Waals surface area contributed by atoms with Crippen LogP contribution in [0.5, 0.6) is 5.75 Å². The maximum absolute atomic E-state index is 11.6. The molecule has 17 heavy (non-hydrogen) atoms. The van der Waals surface area contributed by atoms with E-state index in [0.29, 0.717) is 31.5 Å². The van der Waals surface area contributed by atoms with Gasteiger partial charge < -0.3 is 15.4 Å². The second-order valence-electron chi connectivity index (χ2n) is 3.41. The van der Waals surface area contributed by atoms with E-state index < -0.39 is 0 Å². The van der Waals surface area contributed by atoms with Gasteiger partial charge in [0, 0.05) is 18.7 Å². The minimum atomic E-state index is -0.126. The van der Waals surface area contributed by atoms with Gasteiger partial charge in [0.25, 0.3) is 5.91 Å². The largest absolute Gasteiger partial charge is 0.497 e. The van der Waals surface area contributed by atoms with Crippen LogP contribution in [0.2, 0.25) is 0 Å². The number of hydrogen-bond acceptors (Lipinski definition) is 3. The Bertz CT molecular complexity index is 363. The van der Waals surface area contributed by atoms with Crippen LogP contribution in [0.3, 0.4) is 0 Å². The SMILES string of the molecule is COc1ccc(C(=O)NCCCNC=O)cc1. The molecule has 0 radical (unpaired) electrons. The first-order chi connectivity index (χ1) is 8.27. The van der Waals surface area contributed by atoms with Gasteiger partial charge in [-0.25, -0.2) is 0 Å². The van der Waals surface area contributed by atoms with Gasteiger partial charge in [0.15, 0.2) is 0 Å². The van der Waals surface area contributed by atoms with Crippen molar-refractivity contribution in [2.45, 2.75) is 6.42 Å². The van der Waals surface area contributed by atoms with Gasteiger partial charge in [0.2, 0.25) is 6.41 Å². The molecule has 1 aromatic carbocycles. The van der Waals surface area contributed by atoms with Crippen LogP contribution >= 0.6 is 0 Å². The predicted molar refractivity (Wildman–Crippen MR) is 64.0 cm³/mol. The van der Waals surface area contributed by atoms with Crippen LogP contribution in [-0.4, -0.2) is 32.5 Å². The molecule has 0 atom stereocenters. The summed E-state index contributed by atoms with van der Waals surface area (Å²) < 4.78 is 5.00. The maximum atomic E-state index is 11.6. The first-order valence-electron chi connectivity index (χ1n) is 5.37. The minimum absolute atomic E-state index is 0.126. The summed E-state index contributed by atoms with van der Waals surface area (Å²) in [6.07, 6.45) is 1.35. The number of benzene rings is 1. The van der Waals surface area contributed by atoms with Gasteiger partial charge >= 0.3 is 0 Å². The molecule has 2 amide bonds. The lowest BCUT2D eigenvalue weighted by Gasteiger charge is -2.05. The first-order valence-corrected chi connectivity index (χ1v) is 5.37. The summed E-state index contributed by atoms with van der Waals surface area (Å²) in [7, 11) is 1.58. The van der Waals surface area contributed by atoms with Crippen molar-refractivity contribution >= 4 is 12.3 Å². The molecule has 0 fully saturated rings. The van der Waals surface area contributed by atoms with Crippen molar-refractivity contribution in [3.63, 3.8) is 0 Å². The second-order valence-corrected chi connectivity index (χ2v) is 3.41. The smallest absolute Gasteiger partial charge is 0.251 e. The zero-order valence-corrected chi connectivity index (χ0v) is 9.73. The van der Waals surface area contributed by atoms with Gasteiger partial charge in [-0.05, 0) is 30.7 Å². The Morgan fingerprint density at radius 2 is 2.00 bits per heavy atom. The molecule has 0 aliphatic heterocycles. The summed E-state index contributed by atoms with van der Waals surface area (Å²) in [6, 6.07) is 6.89. The Hall–Kier alpha value is -2.04. The van der Waals surface area contributed by atoms with E-state index in [4.69, 9.17) is 4.74 Å². The van der Waals surface area contributed by atoms with Crippen LogP contribution < -0.4 is 15.4 Å². The highest BCUT2D eigenvalue weighted by Gasteiger charge is 2.04. The zero-order chi connectivity index (χ0) is 12.5. The van der Waals surface area contributed by atoms with Gasteiger partial charge in [0.1, 0.15) is 5.75 Å². The number of amides is 2. The van der Waals surface area contributed by atoms with Gasteiger partial charge in [0.05, 0.1) is 7.11 Å². The molecule has 5 heteroatoms. The molecule has 1 rings (SSSR count). The summed E-state index contributed by atoms with van der Waals surface area (Å²) in [5.41, 5.74) is 0.592. The predicted octanol–water partition coefficient (Wildman–Crippen LogP) is 0.561. The molecule has 0 spiro atoms. The van der Waals surface area contributed by atoms with Crippen molar-refractivity contribution in [1.29, 1.82) is 0 Å². The lowest BCUT2D eigenvalue weighted by Crippen LogP contribution is -2.26. The number of hydrogen-bond donors (Lipinski definition) is 2. The molecule has 0 heterocycles. The third kappa shape index (κ3) is 4.55. The van der Waals surface area contributed by atoms with E-state index in [1.165, 1.54) is 0 Å². The van der Waals surface area contributed by atoms with Crippen molar-refractivity contribution < 1.29 is 14.3 Å². The molecule has 0 aliphatic rings. The third-order valence-corrected chi connectivity index (χ3v) is 2.22. The summed E-state index contributed by atoms with van der Waals surface area (Å²) >= 11 is 0. The van der Waals surface area contributed by atoms with E-state index in [0.717, 1.165) is 5.75 Å². The van der Waals surface area contributed by atoms with Crippen LogP contribution in [0.4, 0.5) is 0 Å². The molecule has 0 bridgehead atoms. The van der Waals surface area contributed by atoms with E-state index in [1.807, 2.05) is 0 Å². The monoisotopic (exact) mass is 236 g/mol.